The molecule has 1 aliphatic carbocycles. The number of halogens is 3. The molecule has 1 unspecified atom stereocenters. The van der Waals surface area contributed by atoms with E-state index in [9.17, 15) is 18.0 Å². The van der Waals surface area contributed by atoms with Gasteiger partial charge in [0.05, 0.1) is 17.3 Å². The minimum atomic E-state index is -4.47. The maximum absolute atomic E-state index is 13.0. The fourth-order valence-corrected chi connectivity index (χ4v) is 3.60. The minimum Gasteiger partial charge on any atom is -0.441 e. The van der Waals surface area contributed by atoms with Crippen LogP contribution in [-0.2, 0) is 19.6 Å². The first-order valence-electron chi connectivity index (χ1n) is 9.20. The maximum Gasteiger partial charge on any atom is 0.416 e. The van der Waals surface area contributed by atoms with Crippen LogP contribution in [0.1, 0.15) is 52.0 Å². The molecule has 4 rings (SSSR count). The fraction of sp³-hybridized carbons (Fsp3) is 0.350. The Labute approximate surface area is 164 Å². The van der Waals surface area contributed by atoms with Crippen LogP contribution in [-0.4, -0.2) is 20.7 Å². The zero-order valence-corrected chi connectivity index (χ0v) is 15.9. The molecule has 0 spiro atoms. The highest BCUT2D eigenvalue weighted by molar-refractivity contribution is 5.94. The van der Waals surface area contributed by atoms with Crippen LogP contribution in [0.5, 0.6) is 0 Å². The highest BCUT2D eigenvalue weighted by Gasteiger charge is 2.31. The molecular formula is C20H19F3N4O2. The lowest BCUT2D eigenvalue weighted by Gasteiger charge is -2.22. The molecule has 152 valence electrons. The van der Waals surface area contributed by atoms with Crippen molar-refractivity contribution < 1.29 is 22.4 Å². The van der Waals surface area contributed by atoms with E-state index in [2.05, 4.69) is 15.4 Å². The van der Waals surface area contributed by atoms with E-state index in [1.807, 2.05) is 13.2 Å². The Bertz CT molecular complexity index is 1070. The zero-order chi connectivity index (χ0) is 20.8. The van der Waals surface area contributed by atoms with E-state index in [1.54, 1.807) is 11.6 Å². The predicted octanol–water partition coefficient (Wildman–Crippen LogP) is 4.21. The first-order chi connectivity index (χ1) is 13.7. The van der Waals surface area contributed by atoms with Crippen LogP contribution in [0.2, 0.25) is 0 Å². The average Bonchev–Trinajstić information content (AvgIpc) is 3.24. The van der Waals surface area contributed by atoms with Crippen LogP contribution in [0.15, 0.2) is 34.9 Å². The molecule has 1 aliphatic rings. The summed E-state index contributed by atoms with van der Waals surface area (Å²) in [4.78, 5) is 16.9. The highest BCUT2D eigenvalue weighted by Crippen LogP contribution is 2.33. The molecule has 1 aromatic carbocycles. The van der Waals surface area contributed by atoms with Crippen molar-refractivity contribution in [2.45, 2.75) is 38.4 Å². The molecule has 1 N–H and O–H groups in total. The van der Waals surface area contributed by atoms with Gasteiger partial charge in [-0.15, -0.1) is 0 Å². The van der Waals surface area contributed by atoms with Crippen LogP contribution in [0.4, 0.5) is 13.2 Å². The van der Waals surface area contributed by atoms with Crippen molar-refractivity contribution >= 4 is 5.91 Å². The number of benzene rings is 1. The van der Waals surface area contributed by atoms with E-state index in [4.69, 9.17) is 4.42 Å². The van der Waals surface area contributed by atoms with Gasteiger partial charge in [0.2, 0.25) is 5.89 Å². The second kappa shape index (κ2) is 7.06. The maximum atomic E-state index is 13.0. The van der Waals surface area contributed by atoms with Crippen LogP contribution in [0.3, 0.4) is 0 Å². The number of carbonyl (C=O) groups is 1. The third kappa shape index (κ3) is 3.76. The van der Waals surface area contributed by atoms with Crippen molar-refractivity contribution in [2.75, 3.05) is 0 Å². The normalized spacial score (nSPS) is 16.5. The van der Waals surface area contributed by atoms with Gasteiger partial charge in [-0.1, -0.05) is 6.07 Å². The predicted molar refractivity (Wildman–Crippen MR) is 98.0 cm³/mol. The summed E-state index contributed by atoms with van der Waals surface area (Å²) in [5.41, 5.74) is 1.36. The number of aromatic nitrogens is 3. The third-order valence-electron chi connectivity index (χ3n) is 4.97. The molecular weight excluding hydrogens is 385 g/mol. The molecule has 3 aromatic rings. The Morgan fingerprint density at radius 1 is 1.34 bits per heavy atom. The summed E-state index contributed by atoms with van der Waals surface area (Å²) in [5.74, 6) is -0.201. The van der Waals surface area contributed by atoms with E-state index in [-0.39, 0.29) is 29.0 Å². The molecule has 1 amide bonds. The molecule has 0 fully saturated rings. The average molecular weight is 404 g/mol. The lowest BCUT2D eigenvalue weighted by atomic mass is 9.93. The number of aryl methyl sites for hydroxylation is 3. The number of oxazole rings is 1. The molecule has 2 heterocycles. The van der Waals surface area contributed by atoms with Gasteiger partial charge in [0.15, 0.2) is 5.69 Å². The second-order valence-corrected chi connectivity index (χ2v) is 7.13. The topological polar surface area (TPSA) is 73.0 Å². The summed E-state index contributed by atoms with van der Waals surface area (Å²) >= 11 is 0. The number of hydrogen-bond donors (Lipinski definition) is 1. The van der Waals surface area contributed by atoms with E-state index in [1.165, 1.54) is 12.1 Å². The standard InChI is InChI=1S/C20H19F3N4O2/c1-11-17(18(28)24-15-7-4-8-16-14(15)10-27(2)26-16)25-19(29-11)12-5-3-6-13(9-12)20(21,22)23/h3,5-6,9-10,15H,4,7-8H2,1-2H3,(H,24,28). The van der Waals surface area contributed by atoms with E-state index in [0.717, 1.165) is 42.7 Å². The SMILES string of the molecule is Cc1oc(-c2cccc(C(F)(F)F)c2)nc1C(=O)NC1CCCc2nn(C)cc21. The van der Waals surface area contributed by atoms with Gasteiger partial charge >= 0.3 is 6.18 Å². The molecule has 29 heavy (non-hydrogen) atoms. The van der Waals surface area contributed by atoms with E-state index in [0.29, 0.717) is 0 Å². The Morgan fingerprint density at radius 2 is 2.14 bits per heavy atom. The number of fused-ring (bicyclic) bond motifs is 1. The van der Waals surface area contributed by atoms with Crippen molar-refractivity contribution in [1.82, 2.24) is 20.1 Å². The summed E-state index contributed by atoms with van der Waals surface area (Å²) in [6.45, 7) is 1.56. The highest BCUT2D eigenvalue weighted by atomic mass is 19.4. The van der Waals surface area contributed by atoms with Crippen molar-refractivity contribution in [2.24, 2.45) is 7.05 Å². The van der Waals surface area contributed by atoms with Crippen LogP contribution < -0.4 is 5.32 Å². The number of amides is 1. The molecule has 0 saturated carbocycles. The molecule has 6 nitrogen and oxygen atoms in total. The largest absolute Gasteiger partial charge is 0.441 e. The summed E-state index contributed by atoms with van der Waals surface area (Å²) in [6.07, 6.45) is -0.0291. The molecule has 0 saturated heterocycles. The van der Waals surface area contributed by atoms with Gasteiger partial charge in [0.1, 0.15) is 5.76 Å². The van der Waals surface area contributed by atoms with E-state index < -0.39 is 17.6 Å². The molecule has 0 radical (unpaired) electrons. The van der Waals surface area contributed by atoms with Crippen molar-refractivity contribution in [3.63, 3.8) is 0 Å². The smallest absolute Gasteiger partial charge is 0.416 e. The molecule has 9 heteroatoms. The number of rotatable bonds is 3. The van der Waals surface area contributed by atoms with Gasteiger partial charge in [0.25, 0.3) is 5.91 Å². The minimum absolute atomic E-state index is 0.0236. The number of alkyl halides is 3. The first kappa shape index (κ1) is 19.2. The number of carbonyl (C=O) groups excluding carboxylic acids is 1. The molecule has 1 atom stereocenters. The monoisotopic (exact) mass is 404 g/mol. The van der Waals surface area contributed by atoms with Gasteiger partial charge in [-0.2, -0.15) is 18.3 Å². The van der Waals surface area contributed by atoms with Crippen LogP contribution in [0.25, 0.3) is 11.5 Å². The fourth-order valence-electron chi connectivity index (χ4n) is 3.60. The Kier molecular flexibility index (Phi) is 4.68. The Hall–Kier alpha value is -3.10. The molecule has 0 bridgehead atoms. The number of nitrogens with zero attached hydrogens (tertiary/aromatic N) is 3. The van der Waals surface area contributed by atoms with Gasteiger partial charge in [-0.05, 0) is 44.4 Å². The van der Waals surface area contributed by atoms with Gasteiger partial charge in [-0.25, -0.2) is 4.98 Å². The Morgan fingerprint density at radius 3 is 2.90 bits per heavy atom. The Balaban J connectivity index is 1.58. The van der Waals surface area contributed by atoms with Crippen LogP contribution >= 0.6 is 0 Å². The molecule has 0 aliphatic heterocycles. The summed E-state index contributed by atoms with van der Waals surface area (Å²) in [6, 6.07) is 4.49. The van der Waals surface area contributed by atoms with Crippen molar-refractivity contribution in [1.29, 1.82) is 0 Å². The zero-order valence-electron chi connectivity index (χ0n) is 15.9. The molecule has 2 aromatic heterocycles. The number of hydrogen-bond acceptors (Lipinski definition) is 4. The third-order valence-corrected chi connectivity index (χ3v) is 4.97. The van der Waals surface area contributed by atoms with Crippen molar-refractivity contribution in [3.05, 3.63) is 58.7 Å². The summed E-state index contributed by atoms with van der Waals surface area (Å²) in [5, 5.41) is 7.36. The van der Waals surface area contributed by atoms with Crippen LogP contribution in [0, 0.1) is 6.92 Å². The van der Waals surface area contributed by atoms with Gasteiger partial charge in [-0.3, -0.25) is 9.48 Å². The van der Waals surface area contributed by atoms with Gasteiger partial charge < -0.3 is 9.73 Å². The van der Waals surface area contributed by atoms with Gasteiger partial charge in [0, 0.05) is 24.4 Å². The lowest BCUT2D eigenvalue weighted by Crippen LogP contribution is -2.31. The lowest BCUT2D eigenvalue weighted by molar-refractivity contribution is -0.137. The summed E-state index contributed by atoms with van der Waals surface area (Å²) in [7, 11) is 1.83. The van der Waals surface area contributed by atoms with E-state index >= 15 is 0 Å². The second-order valence-electron chi connectivity index (χ2n) is 7.13. The first-order valence-corrected chi connectivity index (χ1v) is 9.20. The quantitative estimate of drug-likeness (QED) is 0.710. The number of nitrogens with one attached hydrogen (secondary N) is 1. The van der Waals surface area contributed by atoms with Crippen molar-refractivity contribution in [3.8, 4) is 11.5 Å². The summed E-state index contributed by atoms with van der Waals surface area (Å²) < 4.78 is 46.1.